The number of unbranched alkanes of at least 4 members (excludes halogenated alkanes) is 5. The summed E-state index contributed by atoms with van der Waals surface area (Å²) in [5.41, 5.74) is 6.02. The van der Waals surface area contributed by atoms with E-state index in [9.17, 15) is 0 Å². The van der Waals surface area contributed by atoms with Gasteiger partial charge in [0.2, 0.25) is 0 Å². The van der Waals surface area contributed by atoms with Crippen LogP contribution in [-0.4, -0.2) is 0 Å². The molecule has 0 heterocycles. The van der Waals surface area contributed by atoms with Gasteiger partial charge in [-0.15, -0.1) is 0 Å². The lowest BCUT2D eigenvalue weighted by Crippen LogP contribution is -2.12. The van der Waals surface area contributed by atoms with Crippen LogP contribution < -0.4 is 0 Å². The highest BCUT2D eigenvalue weighted by Crippen LogP contribution is 2.40. The Kier molecular flexibility index (Phi) is 7.99. The average molecular weight is 363 g/mol. The van der Waals surface area contributed by atoms with Crippen LogP contribution in [0.2, 0.25) is 0 Å². The number of aryl methyl sites for hydroxylation is 2. The van der Waals surface area contributed by atoms with Crippen molar-refractivity contribution in [1.29, 1.82) is 0 Å². The summed E-state index contributed by atoms with van der Waals surface area (Å²) in [5.74, 6) is 1.55. The van der Waals surface area contributed by atoms with E-state index in [1.807, 2.05) is 0 Å². The Labute approximate surface area is 167 Å². The Hall–Kier alpha value is -1.56. The molecule has 0 spiro atoms. The van der Waals surface area contributed by atoms with E-state index in [-0.39, 0.29) is 0 Å². The van der Waals surface area contributed by atoms with E-state index in [0.29, 0.717) is 0 Å². The molecule has 0 unspecified atom stereocenters. The van der Waals surface area contributed by atoms with Crippen molar-refractivity contribution >= 4 is 0 Å². The van der Waals surface area contributed by atoms with Crippen molar-refractivity contribution in [3.05, 3.63) is 70.8 Å². The van der Waals surface area contributed by atoms with Crippen molar-refractivity contribution in [1.82, 2.24) is 0 Å². The summed E-state index contributed by atoms with van der Waals surface area (Å²) < 4.78 is 0. The molecule has 0 atom stereocenters. The minimum absolute atomic E-state index is 0.772. The molecule has 3 rings (SSSR count). The minimum atomic E-state index is 0.772. The van der Waals surface area contributed by atoms with Gasteiger partial charge < -0.3 is 0 Å². The molecular formula is C27H38. The van der Waals surface area contributed by atoms with Crippen molar-refractivity contribution < 1.29 is 0 Å². The third-order valence-electron chi connectivity index (χ3n) is 6.55. The van der Waals surface area contributed by atoms with Gasteiger partial charge in [-0.3, -0.25) is 0 Å². The second-order valence-electron chi connectivity index (χ2n) is 8.72. The first-order valence-electron chi connectivity index (χ1n) is 11.4. The average Bonchev–Trinajstić information content (AvgIpc) is 2.72. The van der Waals surface area contributed by atoms with Gasteiger partial charge in [-0.2, -0.15) is 0 Å². The SMILES string of the molecule is CCCCCCCCc1ccc(C2CCC(c3ccc(C)cc3)CC2)cc1. The van der Waals surface area contributed by atoms with Crippen LogP contribution in [0.4, 0.5) is 0 Å². The zero-order valence-electron chi connectivity index (χ0n) is 17.6. The summed E-state index contributed by atoms with van der Waals surface area (Å²) in [6.45, 7) is 4.47. The van der Waals surface area contributed by atoms with E-state index in [1.54, 1.807) is 11.1 Å². The van der Waals surface area contributed by atoms with Crippen LogP contribution >= 0.6 is 0 Å². The van der Waals surface area contributed by atoms with Gasteiger partial charge in [0.1, 0.15) is 0 Å². The first-order chi connectivity index (χ1) is 13.3. The highest BCUT2D eigenvalue weighted by Gasteiger charge is 2.23. The van der Waals surface area contributed by atoms with Gasteiger partial charge in [-0.25, -0.2) is 0 Å². The van der Waals surface area contributed by atoms with Crippen LogP contribution in [0.15, 0.2) is 48.5 Å². The van der Waals surface area contributed by atoms with Crippen molar-refractivity contribution in [3.8, 4) is 0 Å². The fourth-order valence-corrected chi connectivity index (χ4v) is 4.66. The zero-order chi connectivity index (χ0) is 18.9. The molecule has 0 nitrogen and oxygen atoms in total. The standard InChI is InChI=1S/C27H38/c1-3-4-5-6-7-8-9-23-12-16-25(17-13-23)27-20-18-26(19-21-27)24-14-10-22(2)11-15-24/h10-17,26-27H,3-9,18-21H2,1-2H3. The van der Waals surface area contributed by atoms with E-state index in [1.165, 1.54) is 81.8 Å². The van der Waals surface area contributed by atoms with E-state index in [0.717, 1.165) is 11.8 Å². The topological polar surface area (TPSA) is 0 Å². The van der Waals surface area contributed by atoms with Crippen LogP contribution in [-0.2, 0) is 6.42 Å². The molecule has 2 aromatic rings. The maximum Gasteiger partial charge on any atom is -0.0162 e. The molecule has 146 valence electrons. The van der Waals surface area contributed by atoms with Gasteiger partial charge in [0.05, 0.1) is 0 Å². The van der Waals surface area contributed by atoms with Crippen LogP contribution in [0.5, 0.6) is 0 Å². The van der Waals surface area contributed by atoms with Gasteiger partial charge in [-0.1, -0.05) is 93.1 Å². The summed E-state index contributed by atoms with van der Waals surface area (Å²) in [6, 6.07) is 18.9. The molecule has 0 N–H and O–H groups in total. The number of hydrogen-bond donors (Lipinski definition) is 0. The maximum atomic E-state index is 2.42. The summed E-state index contributed by atoms with van der Waals surface area (Å²) in [4.78, 5) is 0. The van der Waals surface area contributed by atoms with Crippen molar-refractivity contribution in [2.45, 2.75) is 96.3 Å². The second-order valence-corrected chi connectivity index (χ2v) is 8.72. The predicted molar refractivity (Wildman–Crippen MR) is 119 cm³/mol. The maximum absolute atomic E-state index is 2.42. The van der Waals surface area contributed by atoms with E-state index in [4.69, 9.17) is 0 Å². The molecule has 0 aliphatic heterocycles. The Morgan fingerprint density at radius 2 is 1.11 bits per heavy atom. The quantitative estimate of drug-likeness (QED) is 0.393. The molecule has 1 aliphatic carbocycles. The van der Waals surface area contributed by atoms with Crippen molar-refractivity contribution in [2.75, 3.05) is 0 Å². The predicted octanol–water partition coefficient (Wildman–Crippen LogP) is 8.34. The smallest absolute Gasteiger partial charge is 0.0162 e. The molecule has 27 heavy (non-hydrogen) atoms. The summed E-state index contributed by atoms with van der Waals surface area (Å²) in [6.07, 6.45) is 14.9. The molecule has 0 bridgehead atoms. The molecule has 0 radical (unpaired) electrons. The highest BCUT2D eigenvalue weighted by atomic mass is 14.3. The molecule has 0 saturated heterocycles. The lowest BCUT2D eigenvalue weighted by atomic mass is 9.76. The monoisotopic (exact) mass is 362 g/mol. The molecule has 2 aromatic carbocycles. The van der Waals surface area contributed by atoms with Gasteiger partial charge in [0.15, 0.2) is 0 Å². The number of rotatable bonds is 9. The molecule has 1 aliphatic rings. The molecular weight excluding hydrogens is 324 g/mol. The summed E-state index contributed by atoms with van der Waals surface area (Å²) in [5, 5.41) is 0. The van der Waals surface area contributed by atoms with Gasteiger partial charge in [-0.05, 0) is 74.0 Å². The highest BCUT2D eigenvalue weighted by molar-refractivity contribution is 5.28. The fraction of sp³-hybridized carbons (Fsp3) is 0.556. The lowest BCUT2D eigenvalue weighted by Gasteiger charge is -2.29. The molecule has 1 fully saturated rings. The summed E-state index contributed by atoms with van der Waals surface area (Å²) in [7, 11) is 0. The second kappa shape index (κ2) is 10.7. The molecule has 0 heteroatoms. The first kappa shape index (κ1) is 20.2. The molecule has 0 amide bonds. The normalized spacial score (nSPS) is 19.9. The largest absolute Gasteiger partial charge is 0.0654 e. The van der Waals surface area contributed by atoms with E-state index in [2.05, 4.69) is 62.4 Å². The molecule has 0 aromatic heterocycles. The van der Waals surface area contributed by atoms with Crippen molar-refractivity contribution in [3.63, 3.8) is 0 Å². The minimum Gasteiger partial charge on any atom is -0.0654 e. The van der Waals surface area contributed by atoms with Gasteiger partial charge >= 0.3 is 0 Å². The van der Waals surface area contributed by atoms with Crippen LogP contribution in [0.1, 0.15) is 105 Å². The third-order valence-corrected chi connectivity index (χ3v) is 6.55. The summed E-state index contributed by atoms with van der Waals surface area (Å²) >= 11 is 0. The number of benzene rings is 2. The third kappa shape index (κ3) is 6.23. The Morgan fingerprint density at radius 1 is 0.630 bits per heavy atom. The van der Waals surface area contributed by atoms with Crippen molar-refractivity contribution in [2.24, 2.45) is 0 Å². The zero-order valence-corrected chi connectivity index (χ0v) is 17.6. The molecule has 1 saturated carbocycles. The van der Waals surface area contributed by atoms with Crippen LogP contribution in [0.25, 0.3) is 0 Å². The van der Waals surface area contributed by atoms with E-state index < -0.39 is 0 Å². The number of hydrogen-bond acceptors (Lipinski definition) is 0. The Bertz CT molecular complexity index is 641. The first-order valence-corrected chi connectivity index (χ1v) is 11.4. The Morgan fingerprint density at radius 3 is 1.67 bits per heavy atom. The van der Waals surface area contributed by atoms with Crippen LogP contribution in [0, 0.1) is 6.92 Å². The fourth-order valence-electron chi connectivity index (χ4n) is 4.66. The lowest BCUT2D eigenvalue weighted by molar-refractivity contribution is 0.396. The van der Waals surface area contributed by atoms with Gasteiger partial charge in [0.25, 0.3) is 0 Å². The van der Waals surface area contributed by atoms with Gasteiger partial charge in [0, 0.05) is 0 Å². The van der Waals surface area contributed by atoms with Crippen LogP contribution in [0.3, 0.4) is 0 Å². The van der Waals surface area contributed by atoms with E-state index >= 15 is 0 Å². The Balaban J connectivity index is 1.42.